The van der Waals surface area contributed by atoms with Crippen molar-refractivity contribution in [2.45, 2.75) is 19.8 Å². The van der Waals surface area contributed by atoms with Gasteiger partial charge in [0.05, 0.1) is 24.0 Å². The van der Waals surface area contributed by atoms with E-state index < -0.39 is 0 Å². The monoisotopic (exact) mass is 349 g/mol. The number of aromatic hydroxyl groups is 2. The number of hydrogen-bond acceptors (Lipinski definition) is 5. The molecule has 0 aliphatic rings. The van der Waals surface area contributed by atoms with Crippen molar-refractivity contribution in [3.63, 3.8) is 0 Å². The first-order valence-corrected chi connectivity index (χ1v) is 8.28. The quantitative estimate of drug-likeness (QED) is 0.657. The lowest BCUT2D eigenvalue weighted by molar-refractivity contribution is -0.115. The fourth-order valence-corrected chi connectivity index (χ4v) is 2.53. The first kappa shape index (κ1) is 17.4. The number of carbonyl (C=O) groups excluding carboxylic acids is 1. The Balaban J connectivity index is 1.76. The molecule has 0 aliphatic carbocycles. The molecule has 3 rings (SSSR count). The Hall–Kier alpha value is -3.41. The molecule has 1 amide bonds. The van der Waals surface area contributed by atoms with Crippen LogP contribution in [0.2, 0.25) is 0 Å². The summed E-state index contributed by atoms with van der Waals surface area (Å²) < 4.78 is 0. The van der Waals surface area contributed by atoms with Crippen molar-refractivity contribution in [3.05, 3.63) is 66.0 Å². The van der Waals surface area contributed by atoms with Crippen LogP contribution in [0.5, 0.6) is 11.5 Å². The van der Waals surface area contributed by atoms with E-state index in [4.69, 9.17) is 0 Å². The van der Waals surface area contributed by atoms with Crippen LogP contribution in [0.3, 0.4) is 0 Å². The van der Waals surface area contributed by atoms with Gasteiger partial charge in [0, 0.05) is 5.56 Å². The maximum atomic E-state index is 12.3. The number of rotatable bonds is 5. The van der Waals surface area contributed by atoms with Crippen LogP contribution in [0.15, 0.2) is 54.7 Å². The third kappa shape index (κ3) is 4.16. The van der Waals surface area contributed by atoms with Crippen LogP contribution >= 0.6 is 0 Å². The van der Waals surface area contributed by atoms with Gasteiger partial charge in [-0.05, 0) is 48.4 Å². The van der Waals surface area contributed by atoms with Crippen molar-refractivity contribution < 1.29 is 15.0 Å². The van der Waals surface area contributed by atoms with Crippen LogP contribution in [-0.2, 0) is 17.6 Å². The molecule has 3 aromatic rings. The largest absolute Gasteiger partial charge is 0.508 e. The summed E-state index contributed by atoms with van der Waals surface area (Å²) >= 11 is 0. The van der Waals surface area contributed by atoms with E-state index in [-0.39, 0.29) is 23.8 Å². The molecule has 132 valence electrons. The van der Waals surface area contributed by atoms with E-state index in [0.29, 0.717) is 23.6 Å². The van der Waals surface area contributed by atoms with Crippen molar-refractivity contribution in [3.8, 4) is 22.8 Å². The Bertz CT molecular complexity index is 907. The zero-order chi connectivity index (χ0) is 18.5. The minimum Gasteiger partial charge on any atom is -0.508 e. The molecule has 0 unspecified atom stereocenters. The van der Waals surface area contributed by atoms with Crippen LogP contribution in [0, 0.1) is 0 Å². The molecule has 0 aliphatic heterocycles. The molecule has 6 nitrogen and oxygen atoms in total. The molecule has 6 heteroatoms. The third-order valence-electron chi connectivity index (χ3n) is 3.90. The summed E-state index contributed by atoms with van der Waals surface area (Å²) in [6.45, 7) is 1.94. The second kappa shape index (κ2) is 7.65. The number of amides is 1. The van der Waals surface area contributed by atoms with E-state index in [9.17, 15) is 15.0 Å². The molecule has 0 spiro atoms. The SMILES string of the molecule is CCc1nc(-c2ccc(O)cc2)cnc1NC(=O)Cc1ccc(O)cc1. The van der Waals surface area contributed by atoms with Crippen LogP contribution in [0.25, 0.3) is 11.3 Å². The average Bonchev–Trinajstić information content (AvgIpc) is 2.64. The number of benzene rings is 2. The number of hydrogen-bond donors (Lipinski definition) is 3. The van der Waals surface area contributed by atoms with Crippen molar-refractivity contribution in [1.82, 2.24) is 9.97 Å². The predicted molar refractivity (Wildman–Crippen MR) is 99.0 cm³/mol. The summed E-state index contributed by atoms with van der Waals surface area (Å²) in [4.78, 5) is 21.2. The fraction of sp³-hybridized carbons (Fsp3) is 0.150. The number of carbonyl (C=O) groups is 1. The van der Waals surface area contributed by atoms with E-state index in [2.05, 4.69) is 15.3 Å². The van der Waals surface area contributed by atoms with Gasteiger partial charge in [-0.3, -0.25) is 4.79 Å². The lowest BCUT2D eigenvalue weighted by atomic mass is 10.1. The minimum absolute atomic E-state index is 0.165. The molecule has 0 radical (unpaired) electrons. The molecule has 3 N–H and O–H groups in total. The standard InChI is InChI=1S/C20H19N3O3/c1-2-17-20(23-19(26)11-13-3-7-15(24)8-4-13)21-12-18(22-17)14-5-9-16(25)10-6-14/h3-10,12,24-25H,2,11H2,1H3,(H,21,23,26). The summed E-state index contributed by atoms with van der Waals surface area (Å²) in [6.07, 6.45) is 2.40. The van der Waals surface area contributed by atoms with Crippen molar-refractivity contribution in [2.24, 2.45) is 0 Å². The Morgan fingerprint density at radius 2 is 1.62 bits per heavy atom. The van der Waals surface area contributed by atoms with Gasteiger partial charge in [0.2, 0.25) is 5.91 Å². The van der Waals surface area contributed by atoms with Gasteiger partial charge in [-0.2, -0.15) is 0 Å². The molecule has 0 atom stereocenters. The highest BCUT2D eigenvalue weighted by molar-refractivity contribution is 5.92. The van der Waals surface area contributed by atoms with Crippen LogP contribution in [-0.4, -0.2) is 26.1 Å². The number of aryl methyl sites for hydroxylation is 1. The molecular weight excluding hydrogens is 330 g/mol. The highest BCUT2D eigenvalue weighted by Crippen LogP contribution is 2.22. The van der Waals surface area contributed by atoms with Crippen molar-refractivity contribution in [2.75, 3.05) is 5.32 Å². The lowest BCUT2D eigenvalue weighted by Crippen LogP contribution is -2.17. The Morgan fingerprint density at radius 3 is 2.23 bits per heavy atom. The zero-order valence-corrected chi connectivity index (χ0v) is 14.3. The predicted octanol–water partition coefficient (Wildman–Crippen LogP) is 3.30. The molecule has 26 heavy (non-hydrogen) atoms. The van der Waals surface area contributed by atoms with Crippen LogP contribution < -0.4 is 5.32 Å². The molecule has 2 aromatic carbocycles. The normalized spacial score (nSPS) is 10.5. The maximum absolute atomic E-state index is 12.3. The van der Waals surface area contributed by atoms with E-state index in [1.807, 2.05) is 6.92 Å². The Kier molecular flexibility index (Phi) is 5.12. The Morgan fingerprint density at radius 1 is 1.00 bits per heavy atom. The van der Waals surface area contributed by atoms with Gasteiger partial charge in [-0.25, -0.2) is 9.97 Å². The minimum atomic E-state index is -0.197. The zero-order valence-electron chi connectivity index (χ0n) is 14.3. The molecule has 0 bridgehead atoms. The van der Waals surface area contributed by atoms with Gasteiger partial charge < -0.3 is 15.5 Å². The second-order valence-corrected chi connectivity index (χ2v) is 5.84. The van der Waals surface area contributed by atoms with Gasteiger partial charge >= 0.3 is 0 Å². The molecule has 0 saturated carbocycles. The van der Waals surface area contributed by atoms with Crippen LogP contribution in [0.4, 0.5) is 5.82 Å². The summed E-state index contributed by atoms with van der Waals surface area (Å²) in [5.74, 6) is 0.601. The molecular formula is C20H19N3O3. The van der Waals surface area contributed by atoms with Crippen molar-refractivity contribution in [1.29, 1.82) is 0 Å². The van der Waals surface area contributed by atoms with E-state index in [0.717, 1.165) is 11.1 Å². The average molecular weight is 349 g/mol. The molecule has 1 heterocycles. The third-order valence-corrected chi connectivity index (χ3v) is 3.90. The smallest absolute Gasteiger partial charge is 0.229 e. The first-order valence-electron chi connectivity index (χ1n) is 8.28. The highest BCUT2D eigenvalue weighted by atomic mass is 16.3. The van der Waals surface area contributed by atoms with E-state index in [1.54, 1.807) is 54.7 Å². The fourth-order valence-electron chi connectivity index (χ4n) is 2.53. The van der Waals surface area contributed by atoms with Crippen molar-refractivity contribution >= 4 is 11.7 Å². The summed E-state index contributed by atoms with van der Waals surface area (Å²) in [5.41, 5.74) is 3.01. The summed E-state index contributed by atoms with van der Waals surface area (Å²) in [6, 6.07) is 13.2. The van der Waals surface area contributed by atoms with Gasteiger partial charge in [0.25, 0.3) is 0 Å². The number of phenols is 2. The maximum Gasteiger partial charge on any atom is 0.229 e. The topological polar surface area (TPSA) is 95.3 Å². The number of aromatic nitrogens is 2. The Labute approximate surface area is 151 Å². The van der Waals surface area contributed by atoms with Gasteiger partial charge in [-0.1, -0.05) is 19.1 Å². The summed E-state index contributed by atoms with van der Waals surface area (Å²) in [7, 11) is 0. The molecule has 0 fully saturated rings. The molecule has 0 saturated heterocycles. The number of nitrogens with zero attached hydrogens (tertiary/aromatic N) is 2. The lowest BCUT2D eigenvalue weighted by Gasteiger charge is -2.10. The first-order chi connectivity index (χ1) is 12.5. The highest BCUT2D eigenvalue weighted by Gasteiger charge is 2.11. The van der Waals surface area contributed by atoms with E-state index >= 15 is 0 Å². The van der Waals surface area contributed by atoms with Crippen LogP contribution in [0.1, 0.15) is 18.2 Å². The number of phenolic OH excluding ortho intramolecular Hbond substituents is 2. The van der Waals surface area contributed by atoms with Gasteiger partial charge in [0.15, 0.2) is 5.82 Å². The summed E-state index contributed by atoms with van der Waals surface area (Å²) in [5, 5.41) is 21.5. The second-order valence-electron chi connectivity index (χ2n) is 5.84. The number of nitrogens with one attached hydrogen (secondary N) is 1. The van der Waals surface area contributed by atoms with Gasteiger partial charge in [0.1, 0.15) is 11.5 Å². The number of anilines is 1. The van der Waals surface area contributed by atoms with Gasteiger partial charge in [-0.15, -0.1) is 0 Å². The van der Waals surface area contributed by atoms with E-state index in [1.165, 1.54) is 0 Å². The molecule has 1 aromatic heterocycles.